The molecule has 1 aromatic heterocycles. The highest BCUT2D eigenvalue weighted by atomic mass is 35.5. The van der Waals surface area contributed by atoms with Crippen molar-refractivity contribution in [1.82, 2.24) is 10.0 Å². The molecule has 0 radical (unpaired) electrons. The van der Waals surface area contributed by atoms with E-state index in [9.17, 15) is 13.2 Å². The van der Waals surface area contributed by atoms with E-state index >= 15 is 0 Å². The number of aryl methyl sites for hydroxylation is 1. The molecule has 1 aliphatic rings. The van der Waals surface area contributed by atoms with Crippen molar-refractivity contribution in [2.75, 3.05) is 26.2 Å². The van der Waals surface area contributed by atoms with Gasteiger partial charge in [-0.25, -0.2) is 17.9 Å². The Hall–Kier alpha value is -1.61. The quantitative estimate of drug-likeness (QED) is 0.673. The highest BCUT2D eigenvalue weighted by molar-refractivity contribution is 7.89. The van der Waals surface area contributed by atoms with Crippen LogP contribution in [0, 0.1) is 12.8 Å². The maximum Gasteiger partial charge on any atom is 0.374 e. The van der Waals surface area contributed by atoms with Crippen LogP contribution < -0.4 is 10.0 Å². The Morgan fingerprint density at radius 1 is 1.41 bits per heavy atom. The Morgan fingerprint density at radius 3 is 2.85 bits per heavy atom. The molecule has 1 unspecified atom stereocenters. The van der Waals surface area contributed by atoms with Gasteiger partial charge in [-0.05, 0) is 63.9 Å². The fraction of sp³-hybridized carbons (Fsp3) is 0.500. The van der Waals surface area contributed by atoms with Crippen molar-refractivity contribution in [3.05, 3.63) is 29.5 Å². The van der Waals surface area contributed by atoms with E-state index in [4.69, 9.17) is 9.15 Å². The van der Waals surface area contributed by atoms with Gasteiger partial charge in [0.25, 0.3) is 0 Å². The lowest BCUT2D eigenvalue weighted by Crippen LogP contribution is -2.26. The van der Waals surface area contributed by atoms with Crippen LogP contribution in [0.1, 0.15) is 35.9 Å². The Balaban J connectivity index is 0.00000261. The van der Waals surface area contributed by atoms with Crippen LogP contribution in [0.2, 0.25) is 0 Å². The minimum atomic E-state index is -3.61. The number of ether oxygens (including phenoxy) is 1. The third-order valence-electron chi connectivity index (χ3n) is 4.69. The van der Waals surface area contributed by atoms with E-state index in [1.54, 1.807) is 19.9 Å². The van der Waals surface area contributed by atoms with Gasteiger partial charge in [-0.3, -0.25) is 0 Å². The first-order valence-corrected chi connectivity index (χ1v) is 10.3. The molecule has 1 fully saturated rings. The minimum absolute atomic E-state index is 0. The third-order valence-corrected chi connectivity index (χ3v) is 6.14. The van der Waals surface area contributed by atoms with Gasteiger partial charge in [0.1, 0.15) is 5.58 Å². The summed E-state index contributed by atoms with van der Waals surface area (Å²) in [5.74, 6) is 0.0791. The Labute approximate surface area is 165 Å². The number of hydrogen-bond donors (Lipinski definition) is 2. The van der Waals surface area contributed by atoms with E-state index < -0.39 is 16.0 Å². The molecule has 2 heterocycles. The smallest absolute Gasteiger partial charge is 0.374 e. The number of carbonyl (C=O) groups excluding carboxylic acids is 1. The predicted molar refractivity (Wildman–Crippen MR) is 105 cm³/mol. The van der Waals surface area contributed by atoms with Crippen molar-refractivity contribution in [2.45, 2.75) is 31.6 Å². The number of halogens is 1. The van der Waals surface area contributed by atoms with Crippen molar-refractivity contribution in [2.24, 2.45) is 5.92 Å². The number of nitrogens with one attached hydrogen (secondary N) is 2. The largest absolute Gasteiger partial charge is 0.460 e. The molecule has 1 aromatic carbocycles. The number of fused-ring (bicyclic) bond motifs is 1. The lowest BCUT2D eigenvalue weighted by Gasteiger charge is -2.10. The van der Waals surface area contributed by atoms with Gasteiger partial charge in [0.05, 0.1) is 11.5 Å². The zero-order chi connectivity index (χ0) is 18.7. The highest BCUT2D eigenvalue weighted by Gasteiger charge is 2.22. The van der Waals surface area contributed by atoms with Crippen LogP contribution in [-0.2, 0) is 14.8 Å². The second-order valence-corrected chi connectivity index (χ2v) is 8.25. The summed E-state index contributed by atoms with van der Waals surface area (Å²) >= 11 is 0. The fourth-order valence-electron chi connectivity index (χ4n) is 3.20. The van der Waals surface area contributed by atoms with Crippen molar-refractivity contribution < 1.29 is 22.4 Å². The monoisotopic (exact) mass is 416 g/mol. The lowest BCUT2D eigenvalue weighted by atomic mass is 10.1. The molecular formula is C18H25ClN2O5S. The molecule has 27 heavy (non-hydrogen) atoms. The molecule has 2 aromatic rings. The first-order chi connectivity index (χ1) is 12.4. The number of esters is 1. The topological polar surface area (TPSA) is 97.6 Å². The standard InChI is InChI=1S/C18H24N2O5S.ClH/c1-3-24-18(21)17-12(2)15-10-14(4-5-16(15)25-17)26(22,23)20-9-7-13-6-8-19-11-13;/h4-5,10,13,19-20H,3,6-9,11H2,1-2H3;1H. The van der Waals surface area contributed by atoms with Crippen LogP contribution in [0.3, 0.4) is 0 Å². The Kier molecular flexibility index (Phi) is 7.27. The lowest BCUT2D eigenvalue weighted by molar-refractivity contribution is 0.0491. The number of furan rings is 1. The predicted octanol–water partition coefficient (Wildman–Crippen LogP) is 2.62. The summed E-state index contributed by atoms with van der Waals surface area (Å²) in [7, 11) is -3.61. The van der Waals surface area contributed by atoms with Gasteiger partial charge in [-0.2, -0.15) is 0 Å². The minimum Gasteiger partial charge on any atom is -0.460 e. The molecule has 1 aliphatic heterocycles. The molecule has 150 valence electrons. The zero-order valence-corrected chi connectivity index (χ0v) is 17.0. The van der Waals surface area contributed by atoms with Crippen molar-refractivity contribution in [1.29, 1.82) is 0 Å². The Morgan fingerprint density at radius 2 is 2.19 bits per heavy atom. The van der Waals surface area contributed by atoms with E-state index in [0.717, 1.165) is 25.9 Å². The number of carbonyl (C=O) groups is 1. The van der Waals surface area contributed by atoms with Crippen LogP contribution in [0.25, 0.3) is 11.0 Å². The van der Waals surface area contributed by atoms with Crippen LogP contribution in [0.5, 0.6) is 0 Å². The van der Waals surface area contributed by atoms with E-state index in [2.05, 4.69) is 10.0 Å². The van der Waals surface area contributed by atoms with E-state index in [1.807, 2.05) is 0 Å². The summed E-state index contributed by atoms with van der Waals surface area (Å²) in [5, 5.41) is 3.87. The summed E-state index contributed by atoms with van der Waals surface area (Å²) in [6.45, 7) is 6.03. The molecule has 0 spiro atoms. The van der Waals surface area contributed by atoms with E-state index in [-0.39, 0.29) is 29.7 Å². The van der Waals surface area contributed by atoms with Crippen molar-refractivity contribution in [3.8, 4) is 0 Å². The van der Waals surface area contributed by atoms with E-state index in [0.29, 0.717) is 29.0 Å². The van der Waals surface area contributed by atoms with Crippen LogP contribution in [-0.4, -0.2) is 40.6 Å². The highest BCUT2D eigenvalue weighted by Crippen LogP contribution is 2.28. The SMILES string of the molecule is CCOC(=O)c1oc2ccc(S(=O)(=O)NCCC3CCNC3)cc2c1C.Cl. The average Bonchev–Trinajstić information content (AvgIpc) is 3.23. The normalized spacial score (nSPS) is 17.0. The van der Waals surface area contributed by atoms with Crippen LogP contribution in [0.4, 0.5) is 0 Å². The maximum atomic E-state index is 12.6. The number of sulfonamides is 1. The van der Waals surface area contributed by atoms with Gasteiger partial charge in [-0.15, -0.1) is 12.4 Å². The van der Waals surface area contributed by atoms with Gasteiger partial charge < -0.3 is 14.5 Å². The first kappa shape index (κ1) is 21.7. The van der Waals surface area contributed by atoms with E-state index in [1.165, 1.54) is 12.1 Å². The van der Waals surface area contributed by atoms with Crippen LogP contribution in [0.15, 0.2) is 27.5 Å². The molecule has 0 saturated carbocycles. The summed E-state index contributed by atoms with van der Waals surface area (Å²) in [5.41, 5.74) is 1.04. The van der Waals surface area contributed by atoms with Gasteiger partial charge in [0.15, 0.2) is 0 Å². The maximum absolute atomic E-state index is 12.6. The molecule has 2 N–H and O–H groups in total. The van der Waals surface area contributed by atoms with Gasteiger partial charge in [-0.1, -0.05) is 0 Å². The molecule has 0 amide bonds. The first-order valence-electron chi connectivity index (χ1n) is 8.83. The molecule has 1 saturated heterocycles. The summed E-state index contributed by atoms with van der Waals surface area (Å²) in [4.78, 5) is 12.1. The summed E-state index contributed by atoms with van der Waals surface area (Å²) in [6.07, 6.45) is 1.89. The average molecular weight is 417 g/mol. The number of benzene rings is 1. The third kappa shape index (κ3) is 4.82. The van der Waals surface area contributed by atoms with Gasteiger partial charge in [0, 0.05) is 17.5 Å². The second kappa shape index (κ2) is 9.05. The van der Waals surface area contributed by atoms with Gasteiger partial charge in [0.2, 0.25) is 15.8 Å². The van der Waals surface area contributed by atoms with Gasteiger partial charge >= 0.3 is 5.97 Å². The Bertz CT molecular complexity index is 904. The number of hydrogen-bond acceptors (Lipinski definition) is 6. The molecular weight excluding hydrogens is 392 g/mol. The molecule has 0 aliphatic carbocycles. The molecule has 1 atom stereocenters. The molecule has 3 rings (SSSR count). The summed E-state index contributed by atoms with van der Waals surface area (Å²) < 4.78 is 38.3. The fourth-order valence-corrected chi connectivity index (χ4v) is 4.27. The summed E-state index contributed by atoms with van der Waals surface area (Å²) in [6, 6.07) is 4.59. The number of rotatable bonds is 7. The van der Waals surface area contributed by atoms with Crippen molar-refractivity contribution in [3.63, 3.8) is 0 Å². The molecule has 7 nitrogen and oxygen atoms in total. The van der Waals surface area contributed by atoms with Crippen molar-refractivity contribution >= 4 is 39.4 Å². The molecule has 9 heteroatoms. The zero-order valence-electron chi connectivity index (χ0n) is 15.4. The second-order valence-electron chi connectivity index (χ2n) is 6.48. The molecule has 0 bridgehead atoms. The van der Waals surface area contributed by atoms with Crippen LogP contribution >= 0.6 is 12.4 Å².